The third-order valence-electron chi connectivity index (χ3n) is 4.18. The summed E-state index contributed by atoms with van der Waals surface area (Å²) in [6, 6.07) is 11.7. The highest BCUT2D eigenvalue weighted by molar-refractivity contribution is 7.89. The zero-order chi connectivity index (χ0) is 17.9. The number of hydrogen-bond acceptors (Lipinski definition) is 3. The molecule has 134 valence electrons. The Morgan fingerprint density at radius 3 is 2.44 bits per heavy atom. The smallest absolute Gasteiger partial charge is 0.243 e. The average Bonchev–Trinajstić information content (AvgIpc) is 2.60. The van der Waals surface area contributed by atoms with E-state index in [-0.39, 0.29) is 17.4 Å². The van der Waals surface area contributed by atoms with Crippen LogP contribution in [0.2, 0.25) is 0 Å². The summed E-state index contributed by atoms with van der Waals surface area (Å²) in [4.78, 5) is -0.352. The van der Waals surface area contributed by atoms with Crippen molar-refractivity contribution in [1.29, 1.82) is 0 Å². The minimum Gasteiger partial charge on any atom is -0.493 e. The van der Waals surface area contributed by atoms with Gasteiger partial charge >= 0.3 is 0 Å². The highest BCUT2D eigenvalue weighted by atomic mass is 32.2. The van der Waals surface area contributed by atoms with E-state index >= 15 is 0 Å². The molecule has 3 rings (SSSR count). The Morgan fingerprint density at radius 2 is 1.76 bits per heavy atom. The van der Waals surface area contributed by atoms with Crippen molar-refractivity contribution in [2.24, 2.45) is 5.92 Å². The minimum atomic E-state index is -3.93. The van der Waals surface area contributed by atoms with Gasteiger partial charge in [0, 0.05) is 25.1 Å². The van der Waals surface area contributed by atoms with Gasteiger partial charge in [0.1, 0.15) is 17.4 Å². The van der Waals surface area contributed by atoms with Gasteiger partial charge in [0.05, 0.1) is 11.5 Å². The van der Waals surface area contributed by atoms with Crippen molar-refractivity contribution in [3.8, 4) is 5.75 Å². The van der Waals surface area contributed by atoms with E-state index < -0.39 is 21.7 Å². The van der Waals surface area contributed by atoms with E-state index in [4.69, 9.17) is 4.74 Å². The molecule has 0 radical (unpaired) electrons. The summed E-state index contributed by atoms with van der Waals surface area (Å²) in [6.45, 7) is 1.00. The Kier molecular flexibility index (Phi) is 5.34. The molecule has 4 nitrogen and oxygen atoms in total. The van der Waals surface area contributed by atoms with Crippen LogP contribution < -0.4 is 4.74 Å². The highest BCUT2D eigenvalue weighted by Gasteiger charge is 2.31. The Hall–Kier alpha value is -1.99. The molecule has 1 unspecified atom stereocenters. The molecule has 0 saturated carbocycles. The van der Waals surface area contributed by atoms with Crippen molar-refractivity contribution in [2.45, 2.75) is 17.7 Å². The molecule has 0 aromatic heterocycles. The van der Waals surface area contributed by atoms with Crippen LogP contribution in [0.15, 0.2) is 53.4 Å². The third-order valence-corrected chi connectivity index (χ3v) is 6.03. The van der Waals surface area contributed by atoms with Crippen LogP contribution in [0.1, 0.15) is 12.8 Å². The average molecular weight is 367 g/mol. The predicted octanol–water partition coefficient (Wildman–Crippen LogP) is 3.44. The molecular weight excluding hydrogens is 348 g/mol. The molecule has 25 heavy (non-hydrogen) atoms. The number of rotatable bonds is 5. The zero-order valence-electron chi connectivity index (χ0n) is 13.6. The van der Waals surface area contributed by atoms with E-state index in [9.17, 15) is 17.2 Å². The molecule has 0 bridgehead atoms. The van der Waals surface area contributed by atoms with Gasteiger partial charge in [-0.25, -0.2) is 17.2 Å². The molecule has 2 aromatic carbocycles. The fourth-order valence-corrected chi connectivity index (χ4v) is 4.54. The van der Waals surface area contributed by atoms with Crippen LogP contribution in [-0.2, 0) is 10.0 Å². The predicted molar refractivity (Wildman–Crippen MR) is 89.8 cm³/mol. The Bertz CT molecular complexity index is 807. The number of ether oxygens (including phenoxy) is 1. The fraction of sp³-hybridized carbons (Fsp3) is 0.333. The van der Waals surface area contributed by atoms with E-state index in [2.05, 4.69) is 0 Å². The van der Waals surface area contributed by atoms with Crippen LogP contribution in [0, 0.1) is 17.6 Å². The maximum absolute atomic E-state index is 13.4. The molecule has 1 aliphatic rings. The lowest BCUT2D eigenvalue weighted by Gasteiger charge is -2.31. The van der Waals surface area contributed by atoms with Gasteiger partial charge in [-0.2, -0.15) is 4.31 Å². The highest BCUT2D eigenvalue weighted by Crippen LogP contribution is 2.25. The third kappa shape index (κ3) is 4.35. The number of hydrogen-bond donors (Lipinski definition) is 0. The largest absolute Gasteiger partial charge is 0.493 e. The lowest BCUT2D eigenvalue weighted by molar-refractivity contribution is 0.180. The fourth-order valence-electron chi connectivity index (χ4n) is 2.94. The summed E-state index contributed by atoms with van der Waals surface area (Å²) in [5, 5.41) is 0. The Labute approximate surface area is 146 Å². The number of piperidine rings is 1. The topological polar surface area (TPSA) is 46.6 Å². The molecule has 1 heterocycles. The van der Waals surface area contributed by atoms with Crippen LogP contribution in [-0.4, -0.2) is 32.4 Å². The number of benzene rings is 2. The van der Waals surface area contributed by atoms with E-state index in [1.54, 1.807) is 0 Å². The first-order valence-electron chi connectivity index (χ1n) is 8.09. The number of nitrogens with zero attached hydrogens (tertiary/aromatic N) is 1. The molecule has 0 spiro atoms. The Balaban J connectivity index is 1.69. The first kappa shape index (κ1) is 17.8. The summed E-state index contributed by atoms with van der Waals surface area (Å²) in [7, 11) is -3.93. The van der Waals surface area contributed by atoms with Crippen LogP contribution in [0.4, 0.5) is 8.78 Å². The molecular formula is C18H19F2NO3S. The summed E-state index contributed by atoms with van der Waals surface area (Å²) in [5.41, 5.74) is 0. The Morgan fingerprint density at radius 1 is 1.08 bits per heavy atom. The van der Waals surface area contributed by atoms with Gasteiger partial charge in [-0.05, 0) is 37.1 Å². The molecule has 0 aliphatic carbocycles. The van der Waals surface area contributed by atoms with Crippen LogP contribution in [0.3, 0.4) is 0 Å². The van der Waals surface area contributed by atoms with Crippen molar-refractivity contribution in [2.75, 3.05) is 19.7 Å². The van der Waals surface area contributed by atoms with E-state index in [1.807, 2.05) is 30.3 Å². The summed E-state index contributed by atoms with van der Waals surface area (Å²) in [6.07, 6.45) is 1.52. The second kappa shape index (κ2) is 7.49. The SMILES string of the molecule is O=S(=O)(c1cc(F)cc(F)c1)N1CCCC(COc2ccccc2)C1. The van der Waals surface area contributed by atoms with Gasteiger partial charge in [-0.15, -0.1) is 0 Å². The molecule has 0 amide bonds. The summed E-state index contributed by atoms with van der Waals surface area (Å²) >= 11 is 0. The first-order chi connectivity index (χ1) is 11.9. The van der Waals surface area contributed by atoms with Crippen molar-refractivity contribution in [1.82, 2.24) is 4.31 Å². The van der Waals surface area contributed by atoms with Gasteiger partial charge in [-0.1, -0.05) is 18.2 Å². The van der Waals surface area contributed by atoms with Gasteiger partial charge in [-0.3, -0.25) is 0 Å². The van der Waals surface area contributed by atoms with Crippen LogP contribution in [0.5, 0.6) is 5.75 Å². The zero-order valence-corrected chi connectivity index (χ0v) is 14.4. The van der Waals surface area contributed by atoms with E-state index in [0.29, 0.717) is 25.6 Å². The summed E-state index contributed by atoms with van der Waals surface area (Å²) in [5.74, 6) is -1.05. The van der Waals surface area contributed by atoms with Gasteiger partial charge in [0.2, 0.25) is 10.0 Å². The van der Waals surface area contributed by atoms with Crippen molar-refractivity contribution >= 4 is 10.0 Å². The lowest BCUT2D eigenvalue weighted by Crippen LogP contribution is -2.41. The van der Waals surface area contributed by atoms with Crippen LogP contribution in [0.25, 0.3) is 0 Å². The van der Waals surface area contributed by atoms with Crippen molar-refractivity contribution in [3.63, 3.8) is 0 Å². The first-order valence-corrected chi connectivity index (χ1v) is 9.53. The molecule has 1 fully saturated rings. The summed E-state index contributed by atoms with van der Waals surface area (Å²) < 4.78 is 59.1. The van der Waals surface area contributed by atoms with Crippen molar-refractivity contribution in [3.05, 3.63) is 60.2 Å². The number of para-hydroxylation sites is 1. The molecule has 1 saturated heterocycles. The van der Waals surface area contributed by atoms with E-state index in [1.165, 1.54) is 4.31 Å². The number of sulfonamides is 1. The monoisotopic (exact) mass is 367 g/mol. The molecule has 7 heteroatoms. The second-order valence-corrected chi connectivity index (χ2v) is 8.04. The molecule has 1 atom stereocenters. The maximum atomic E-state index is 13.4. The van der Waals surface area contributed by atoms with Crippen LogP contribution >= 0.6 is 0 Å². The normalized spacial score (nSPS) is 18.9. The van der Waals surface area contributed by atoms with E-state index in [0.717, 1.165) is 24.3 Å². The van der Waals surface area contributed by atoms with Gasteiger partial charge < -0.3 is 4.74 Å². The standard InChI is InChI=1S/C18H19F2NO3S/c19-15-9-16(20)11-18(10-15)25(22,23)21-8-4-5-14(12-21)13-24-17-6-2-1-3-7-17/h1-3,6-7,9-11,14H,4-5,8,12-13H2. The maximum Gasteiger partial charge on any atom is 0.243 e. The second-order valence-electron chi connectivity index (χ2n) is 6.10. The molecule has 1 aliphatic heterocycles. The molecule has 0 N–H and O–H groups in total. The quantitative estimate of drug-likeness (QED) is 0.813. The molecule has 2 aromatic rings. The van der Waals surface area contributed by atoms with Crippen molar-refractivity contribution < 1.29 is 21.9 Å². The minimum absolute atomic E-state index is 0.0298. The lowest BCUT2D eigenvalue weighted by atomic mass is 10.0. The van der Waals surface area contributed by atoms with Gasteiger partial charge in [0.15, 0.2) is 0 Å². The number of halogens is 2. The van der Waals surface area contributed by atoms with Gasteiger partial charge in [0.25, 0.3) is 0 Å².